The summed E-state index contributed by atoms with van der Waals surface area (Å²) in [6.45, 7) is 2.33. The number of carbonyl (C=O) groups excluding carboxylic acids is 1. The molecule has 0 spiro atoms. The van der Waals surface area contributed by atoms with Crippen LogP contribution < -0.4 is 16.2 Å². The number of aromatic nitrogens is 2. The number of amides is 1. The van der Waals surface area contributed by atoms with Gasteiger partial charge in [-0.05, 0) is 36.8 Å². The molecule has 0 radical (unpaired) electrons. The maximum absolute atomic E-state index is 13.0. The van der Waals surface area contributed by atoms with Gasteiger partial charge in [0.1, 0.15) is 11.5 Å². The molecule has 1 aromatic heterocycles. The maximum atomic E-state index is 13.0. The van der Waals surface area contributed by atoms with Gasteiger partial charge in [-0.2, -0.15) is 0 Å². The molecular weight excluding hydrogens is 423 g/mol. The molecule has 1 heterocycles. The van der Waals surface area contributed by atoms with Crippen LogP contribution in [0.5, 0.6) is 0 Å². The van der Waals surface area contributed by atoms with Crippen molar-refractivity contribution in [3.8, 4) is 5.69 Å². The van der Waals surface area contributed by atoms with Crippen molar-refractivity contribution in [1.29, 1.82) is 0 Å². The number of nitrogens with one attached hydrogen (secondary N) is 1. The summed E-state index contributed by atoms with van der Waals surface area (Å²) in [5.74, 6) is 0.0391. The lowest BCUT2D eigenvalue weighted by molar-refractivity contribution is 0.0986. The molecule has 28 heavy (non-hydrogen) atoms. The second-order valence-electron chi connectivity index (χ2n) is 6.12. The number of nitrogens with two attached hydrogens (primary N) is 1. The van der Waals surface area contributed by atoms with Crippen molar-refractivity contribution in [1.82, 2.24) is 9.78 Å². The fourth-order valence-electron chi connectivity index (χ4n) is 2.82. The third-order valence-corrected chi connectivity index (χ3v) is 4.82. The topological polar surface area (TPSA) is 84.1 Å². The highest BCUT2D eigenvalue weighted by atomic mass is 35.5. The van der Waals surface area contributed by atoms with Crippen molar-refractivity contribution in [2.75, 3.05) is 17.2 Å². The van der Waals surface area contributed by atoms with E-state index < -0.39 is 5.56 Å². The molecule has 3 aromatic rings. The predicted molar refractivity (Wildman–Crippen MR) is 114 cm³/mol. The van der Waals surface area contributed by atoms with Gasteiger partial charge in [0.2, 0.25) is 0 Å². The molecule has 0 atom stereocenters. The Morgan fingerprint density at radius 2 is 1.82 bits per heavy atom. The van der Waals surface area contributed by atoms with E-state index in [-0.39, 0.29) is 21.6 Å². The van der Waals surface area contributed by atoms with E-state index in [0.29, 0.717) is 35.1 Å². The van der Waals surface area contributed by atoms with E-state index in [1.165, 1.54) is 27.8 Å². The van der Waals surface area contributed by atoms with Crippen LogP contribution >= 0.6 is 34.8 Å². The van der Waals surface area contributed by atoms with E-state index >= 15 is 0 Å². The fraction of sp³-hybridized carbons (Fsp3) is 0.158. The van der Waals surface area contributed by atoms with E-state index in [1.54, 1.807) is 24.3 Å². The first-order valence-electron chi connectivity index (χ1n) is 8.46. The minimum absolute atomic E-state index is 0.206. The molecule has 0 bridgehead atoms. The van der Waals surface area contributed by atoms with Crippen molar-refractivity contribution in [2.45, 2.75) is 13.3 Å². The fourth-order valence-corrected chi connectivity index (χ4v) is 3.80. The molecule has 146 valence electrons. The molecule has 3 N–H and O–H groups in total. The van der Waals surface area contributed by atoms with Crippen molar-refractivity contribution < 1.29 is 4.79 Å². The quantitative estimate of drug-likeness (QED) is 0.562. The molecule has 3 rings (SSSR count). The second kappa shape index (κ2) is 8.31. The first-order valence-corrected chi connectivity index (χ1v) is 9.59. The third-order valence-electron chi connectivity index (χ3n) is 4.03. The van der Waals surface area contributed by atoms with Crippen LogP contribution in [0.3, 0.4) is 0 Å². The lowest BCUT2D eigenvalue weighted by Gasteiger charge is -2.20. The highest BCUT2D eigenvalue weighted by molar-refractivity contribution is 6.40. The molecule has 9 heteroatoms. The molecule has 2 aromatic carbocycles. The van der Waals surface area contributed by atoms with Crippen LogP contribution in [0.25, 0.3) is 5.69 Å². The molecule has 0 saturated heterocycles. The van der Waals surface area contributed by atoms with Gasteiger partial charge in [-0.15, -0.1) is 0 Å². The first kappa shape index (κ1) is 20.3. The van der Waals surface area contributed by atoms with Gasteiger partial charge in [-0.1, -0.05) is 47.8 Å². The Labute approximate surface area is 176 Å². The number of hydrogen-bond donors (Lipinski definition) is 2. The highest BCUT2D eigenvalue weighted by Crippen LogP contribution is 2.31. The van der Waals surface area contributed by atoms with E-state index in [1.807, 2.05) is 6.92 Å². The van der Waals surface area contributed by atoms with Crippen LogP contribution in [-0.2, 0) is 0 Å². The Balaban J connectivity index is 2.06. The molecule has 1 amide bonds. The largest absolute Gasteiger partial charge is 0.399 e. The third kappa shape index (κ3) is 4.04. The predicted octanol–water partition coefficient (Wildman–Crippen LogP) is 4.76. The van der Waals surface area contributed by atoms with E-state index in [0.717, 1.165) is 0 Å². The molecule has 0 aliphatic rings. The number of H-pyrrole nitrogens is 1. The maximum Gasteiger partial charge on any atom is 0.273 e. The second-order valence-corrected chi connectivity index (χ2v) is 7.37. The zero-order valence-corrected chi connectivity index (χ0v) is 17.1. The van der Waals surface area contributed by atoms with Crippen LogP contribution in [0.2, 0.25) is 15.1 Å². The van der Waals surface area contributed by atoms with E-state index in [2.05, 4.69) is 5.10 Å². The summed E-state index contributed by atoms with van der Waals surface area (Å²) in [5.41, 5.74) is 6.53. The number of hydrogen-bond acceptors (Lipinski definition) is 3. The van der Waals surface area contributed by atoms with Gasteiger partial charge in [0.05, 0.1) is 10.0 Å². The molecule has 0 saturated carbocycles. The van der Waals surface area contributed by atoms with Crippen LogP contribution in [0.15, 0.2) is 47.3 Å². The molecule has 0 aliphatic carbocycles. The smallest absolute Gasteiger partial charge is 0.273 e. The average molecular weight is 440 g/mol. The number of rotatable bonds is 5. The van der Waals surface area contributed by atoms with Crippen LogP contribution in [0.4, 0.5) is 11.5 Å². The Kier molecular flexibility index (Phi) is 6.03. The van der Waals surface area contributed by atoms with Gasteiger partial charge >= 0.3 is 0 Å². The number of anilines is 2. The zero-order chi connectivity index (χ0) is 20.4. The summed E-state index contributed by atoms with van der Waals surface area (Å²) >= 11 is 18.4. The minimum Gasteiger partial charge on any atom is -0.399 e. The van der Waals surface area contributed by atoms with Gasteiger partial charge in [-0.25, -0.2) is 4.68 Å². The van der Waals surface area contributed by atoms with Crippen molar-refractivity contribution in [3.63, 3.8) is 0 Å². The highest BCUT2D eigenvalue weighted by Gasteiger charge is 2.21. The molecule has 6 nitrogen and oxygen atoms in total. The van der Waals surface area contributed by atoms with Crippen LogP contribution in [0, 0.1) is 0 Å². The van der Waals surface area contributed by atoms with Crippen molar-refractivity contribution >= 4 is 52.2 Å². The molecular formula is C19H17Cl3N4O2. The normalized spacial score (nSPS) is 10.9. The summed E-state index contributed by atoms with van der Waals surface area (Å²) in [6, 6.07) is 11.0. The summed E-state index contributed by atoms with van der Waals surface area (Å²) in [7, 11) is 0. The average Bonchev–Trinajstić information content (AvgIpc) is 2.99. The van der Waals surface area contributed by atoms with Gasteiger partial charge in [0, 0.05) is 28.9 Å². The lowest BCUT2D eigenvalue weighted by atomic mass is 10.1. The monoisotopic (exact) mass is 438 g/mol. The van der Waals surface area contributed by atoms with Gasteiger partial charge < -0.3 is 5.73 Å². The zero-order valence-electron chi connectivity index (χ0n) is 14.9. The Morgan fingerprint density at radius 1 is 1.14 bits per heavy atom. The number of benzene rings is 2. The van der Waals surface area contributed by atoms with E-state index in [9.17, 15) is 9.59 Å². The lowest BCUT2D eigenvalue weighted by Crippen LogP contribution is -2.32. The molecule has 0 fully saturated rings. The van der Waals surface area contributed by atoms with Crippen LogP contribution in [-0.4, -0.2) is 22.2 Å². The van der Waals surface area contributed by atoms with Crippen molar-refractivity contribution in [2.24, 2.45) is 0 Å². The number of halogens is 3. The SMILES string of the molecule is CCCN(C(=O)c1cccc(N)c1)c1cc(=O)n(-c2c(Cl)cc(Cl)cc2Cl)[nH]1. The van der Waals surface area contributed by atoms with Gasteiger partial charge in [0.25, 0.3) is 11.5 Å². The molecule has 0 unspecified atom stereocenters. The summed E-state index contributed by atoms with van der Waals surface area (Å²) in [6.07, 6.45) is 0.684. The number of nitrogen functional groups attached to an aromatic ring is 1. The number of nitrogens with zero attached hydrogens (tertiary/aromatic N) is 2. The summed E-state index contributed by atoms with van der Waals surface area (Å²) < 4.78 is 1.19. The van der Waals surface area contributed by atoms with Gasteiger partial charge in [0.15, 0.2) is 0 Å². The van der Waals surface area contributed by atoms with E-state index in [4.69, 9.17) is 40.5 Å². The Bertz CT molecular complexity index is 1070. The Hall–Kier alpha value is -2.41. The first-order chi connectivity index (χ1) is 13.3. The van der Waals surface area contributed by atoms with Crippen LogP contribution in [0.1, 0.15) is 23.7 Å². The molecule has 0 aliphatic heterocycles. The summed E-state index contributed by atoms with van der Waals surface area (Å²) in [4.78, 5) is 27.0. The standard InChI is InChI=1S/C19H17Cl3N4O2/c1-2-6-25(19(28)11-4-3-5-13(23)7-11)16-10-17(27)26(24-16)18-14(21)8-12(20)9-15(18)22/h3-5,7-10,24H,2,6,23H2,1H3. The summed E-state index contributed by atoms with van der Waals surface area (Å²) in [5, 5.41) is 3.68. The minimum atomic E-state index is -0.414. The van der Waals surface area contributed by atoms with Gasteiger partial charge in [-0.3, -0.25) is 19.6 Å². The number of carbonyl (C=O) groups is 1. The number of aromatic amines is 1. The van der Waals surface area contributed by atoms with Crippen molar-refractivity contribution in [3.05, 3.63) is 73.4 Å². The Morgan fingerprint density at radius 3 is 2.43 bits per heavy atom.